The van der Waals surface area contributed by atoms with E-state index in [4.69, 9.17) is 0 Å². The van der Waals surface area contributed by atoms with Crippen molar-refractivity contribution < 1.29 is 4.92 Å². The molecule has 0 fully saturated rings. The Labute approximate surface area is 154 Å². The van der Waals surface area contributed by atoms with E-state index in [9.17, 15) is 10.1 Å². The maximum Gasteiger partial charge on any atom is 0.285 e. The second-order valence-electron chi connectivity index (χ2n) is 6.29. The highest BCUT2D eigenvalue weighted by molar-refractivity contribution is 14.1. The van der Waals surface area contributed by atoms with Crippen LogP contribution in [0.2, 0.25) is 0 Å². The van der Waals surface area contributed by atoms with Crippen LogP contribution in [0, 0.1) is 13.7 Å². The number of halogens is 1. The summed E-state index contributed by atoms with van der Waals surface area (Å²) in [7, 11) is 0. The Kier molecular flexibility index (Phi) is 11.3. The first-order valence-corrected chi connectivity index (χ1v) is 10.2. The minimum Gasteiger partial charge on any atom is -0.258 e. The highest BCUT2D eigenvalue weighted by atomic mass is 127. The van der Waals surface area contributed by atoms with E-state index in [1.807, 2.05) is 18.2 Å². The first-order valence-electron chi connectivity index (χ1n) is 9.08. The van der Waals surface area contributed by atoms with Crippen molar-refractivity contribution in [3.05, 3.63) is 37.4 Å². The third-order valence-electron chi connectivity index (χ3n) is 4.30. The van der Waals surface area contributed by atoms with Crippen molar-refractivity contribution in [1.82, 2.24) is 0 Å². The summed E-state index contributed by atoms with van der Waals surface area (Å²) in [5.74, 6) is 0. The van der Waals surface area contributed by atoms with Crippen molar-refractivity contribution in [3.8, 4) is 0 Å². The highest BCUT2D eigenvalue weighted by Gasteiger charge is 2.16. The van der Waals surface area contributed by atoms with Crippen LogP contribution in [0.15, 0.2) is 18.2 Å². The number of hydrogen-bond donors (Lipinski definition) is 0. The molecule has 0 heterocycles. The second kappa shape index (κ2) is 12.7. The first kappa shape index (κ1) is 20.4. The number of para-hydroxylation sites is 1. The van der Waals surface area contributed by atoms with Gasteiger partial charge in [-0.1, -0.05) is 83.3 Å². The average Bonchev–Trinajstić information content (AvgIpc) is 2.52. The average molecular weight is 431 g/mol. The van der Waals surface area contributed by atoms with Crippen LogP contribution in [0.4, 0.5) is 5.69 Å². The van der Waals surface area contributed by atoms with Crippen LogP contribution in [0.1, 0.15) is 83.1 Å². The Morgan fingerprint density at radius 3 is 1.96 bits per heavy atom. The Hall–Kier alpha value is -0.650. The van der Waals surface area contributed by atoms with Gasteiger partial charge in [-0.15, -0.1) is 0 Å². The predicted octanol–water partition coefficient (Wildman–Crippen LogP) is 7.05. The van der Waals surface area contributed by atoms with Crippen molar-refractivity contribution in [2.24, 2.45) is 0 Å². The molecule has 0 aliphatic carbocycles. The minimum atomic E-state index is -0.240. The smallest absolute Gasteiger partial charge is 0.258 e. The van der Waals surface area contributed by atoms with Gasteiger partial charge in [0.15, 0.2) is 0 Å². The van der Waals surface area contributed by atoms with Gasteiger partial charge in [-0.3, -0.25) is 10.1 Å². The lowest BCUT2D eigenvalue weighted by atomic mass is 10.0. The summed E-state index contributed by atoms with van der Waals surface area (Å²) in [6.07, 6.45) is 15.2. The first-order chi connectivity index (χ1) is 11.2. The normalized spacial score (nSPS) is 10.9. The number of unbranched alkanes of at least 4 members (excludes halogenated alkanes) is 10. The molecule has 23 heavy (non-hydrogen) atoms. The highest BCUT2D eigenvalue weighted by Crippen LogP contribution is 2.26. The standard InChI is InChI=1S/C19H30INO2/c1-2-3-4-5-6-7-8-9-10-11-12-14-17-15-13-16-18(20)19(17)21(22)23/h13,15-16H,2-12,14H2,1H3. The molecule has 3 nitrogen and oxygen atoms in total. The molecule has 1 aromatic rings. The van der Waals surface area contributed by atoms with Gasteiger partial charge >= 0.3 is 0 Å². The Bertz CT molecular complexity index is 463. The number of nitrogens with zero attached hydrogens (tertiary/aromatic N) is 1. The fraction of sp³-hybridized carbons (Fsp3) is 0.684. The van der Waals surface area contributed by atoms with E-state index in [0.29, 0.717) is 5.69 Å². The monoisotopic (exact) mass is 431 g/mol. The molecule has 0 spiro atoms. The van der Waals surface area contributed by atoms with E-state index < -0.39 is 0 Å². The lowest BCUT2D eigenvalue weighted by Crippen LogP contribution is -1.98. The van der Waals surface area contributed by atoms with Crippen LogP contribution in [-0.4, -0.2) is 4.92 Å². The molecule has 130 valence electrons. The van der Waals surface area contributed by atoms with E-state index in [1.165, 1.54) is 64.2 Å². The van der Waals surface area contributed by atoms with Crippen LogP contribution in [0.3, 0.4) is 0 Å². The lowest BCUT2D eigenvalue weighted by molar-refractivity contribution is -0.386. The summed E-state index contributed by atoms with van der Waals surface area (Å²) in [6, 6.07) is 5.63. The summed E-state index contributed by atoms with van der Waals surface area (Å²) < 4.78 is 0.744. The third-order valence-corrected chi connectivity index (χ3v) is 5.17. The zero-order chi connectivity index (χ0) is 16.9. The van der Waals surface area contributed by atoms with Gasteiger partial charge in [0.2, 0.25) is 0 Å². The van der Waals surface area contributed by atoms with Crippen LogP contribution in [-0.2, 0) is 6.42 Å². The molecule has 0 bridgehead atoms. The van der Waals surface area contributed by atoms with E-state index in [0.717, 1.165) is 22.0 Å². The molecular formula is C19H30INO2. The van der Waals surface area contributed by atoms with Gasteiger partial charge in [-0.25, -0.2) is 0 Å². The molecule has 0 unspecified atom stereocenters. The van der Waals surface area contributed by atoms with E-state index in [-0.39, 0.29) is 4.92 Å². The van der Waals surface area contributed by atoms with Gasteiger partial charge in [-0.2, -0.15) is 0 Å². The summed E-state index contributed by atoms with van der Waals surface area (Å²) in [5.41, 5.74) is 1.19. The van der Waals surface area contributed by atoms with Crippen molar-refractivity contribution in [3.63, 3.8) is 0 Å². The molecule has 1 rings (SSSR count). The number of hydrogen-bond acceptors (Lipinski definition) is 2. The maximum atomic E-state index is 11.1. The van der Waals surface area contributed by atoms with Crippen molar-refractivity contribution >= 4 is 28.3 Å². The number of nitro groups is 1. The number of benzene rings is 1. The van der Waals surface area contributed by atoms with Crippen molar-refractivity contribution in [1.29, 1.82) is 0 Å². The summed E-state index contributed by atoms with van der Waals surface area (Å²) in [6.45, 7) is 2.25. The Morgan fingerprint density at radius 1 is 0.913 bits per heavy atom. The predicted molar refractivity (Wildman–Crippen MR) is 106 cm³/mol. The molecule has 4 heteroatoms. The molecule has 0 radical (unpaired) electrons. The van der Waals surface area contributed by atoms with Gasteiger partial charge in [0.05, 0.1) is 8.49 Å². The van der Waals surface area contributed by atoms with Gasteiger partial charge in [0.1, 0.15) is 0 Å². The third kappa shape index (κ3) is 8.68. The minimum absolute atomic E-state index is 0.240. The molecule has 0 saturated heterocycles. The van der Waals surface area contributed by atoms with Gasteiger partial charge in [0.25, 0.3) is 5.69 Å². The lowest BCUT2D eigenvalue weighted by Gasteiger charge is -2.05. The summed E-state index contributed by atoms with van der Waals surface area (Å²) >= 11 is 2.05. The van der Waals surface area contributed by atoms with E-state index >= 15 is 0 Å². The second-order valence-corrected chi connectivity index (χ2v) is 7.45. The van der Waals surface area contributed by atoms with Crippen LogP contribution >= 0.6 is 22.6 Å². The van der Waals surface area contributed by atoms with Gasteiger partial charge in [0, 0.05) is 5.56 Å². The van der Waals surface area contributed by atoms with Crippen LogP contribution in [0.5, 0.6) is 0 Å². The zero-order valence-corrected chi connectivity index (χ0v) is 16.5. The number of rotatable bonds is 13. The molecule has 0 aromatic heterocycles. The molecular weight excluding hydrogens is 401 g/mol. The number of nitro benzene ring substituents is 1. The summed E-state index contributed by atoms with van der Waals surface area (Å²) in [5, 5.41) is 11.1. The molecule has 0 atom stereocenters. The molecule has 0 saturated carbocycles. The topological polar surface area (TPSA) is 43.1 Å². The summed E-state index contributed by atoms with van der Waals surface area (Å²) in [4.78, 5) is 10.9. The molecule has 0 N–H and O–H groups in total. The zero-order valence-electron chi connectivity index (χ0n) is 14.4. The van der Waals surface area contributed by atoms with E-state index in [2.05, 4.69) is 29.5 Å². The van der Waals surface area contributed by atoms with Gasteiger partial charge in [-0.05, 0) is 41.5 Å². The Balaban J connectivity index is 2.10. The molecule has 1 aromatic carbocycles. The van der Waals surface area contributed by atoms with Gasteiger partial charge < -0.3 is 0 Å². The van der Waals surface area contributed by atoms with E-state index in [1.54, 1.807) is 0 Å². The molecule has 0 aliphatic heterocycles. The SMILES string of the molecule is CCCCCCCCCCCCCc1cccc(I)c1[N+](=O)[O-]. The number of aryl methyl sites for hydroxylation is 1. The van der Waals surface area contributed by atoms with Crippen LogP contribution in [0.25, 0.3) is 0 Å². The fourth-order valence-electron chi connectivity index (χ4n) is 2.95. The maximum absolute atomic E-state index is 11.1. The quantitative estimate of drug-likeness (QED) is 0.145. The molecule has 0 amide bonds. The van der Waals surface area contributed by atoms with Crippen molar-refractivity contribution in [2.75, 3.05) is 0 Å². The molecule has 0 aliphatic rings. The fourth-order valence-corrected chi connectivity index (χ4v) is 3.70. The Morgan fingerprint density at radius 2 is 1.43 bits per heavy atom. The largest absolute Gasteiger partial charge is 0.285 e. The van der Waals surface area contributed by atoms with Crippen molar-refractivity contribution in [2.45, 2.75) is 84.0 Å². The van der Waals surface area contributed by atoms with Crippen LogP contribution < -0.4 is 0 Å².